The first-order valence-corrected chi connectivity index (χ1v) is 9.47. The number of allylic oxidation sites excluding steroid dienone is 1. The van der Waals surface area contributed by atoms with Crippen LogP contribution in [-0.2, 0) is 4.79 Å². The lowest BCUT2D eigenvalue weighted by molar-refractivity contribution is -0.524. The van der Waals surface area contributed by atoms with E-state index in [2.05, 4.69) is 6.92 Å². The van der Waals surface area contributed by atoms with Crippen molar-refractivity contribution in [1.82, 2.24) is 0 Å². The van der Waals surface area contributed by atoms with Gasteiger partial charge < -0.3 is 9.90 Å². The molecule has 0 aliphatic rings. The highest BCUT2D eigenvalue weighted by atomic mass is 16.6. The number of hydrogen-bond donors (Lipinski definition) is 1. The molecule has 0 radical (unpaired) electrons. The van der Waals surface area contributed by atoms with Crippen molar-refractivity contribution in [2.45, 2.75) is 95.7 Å². The Morgan fingerprint density at radius 1 is 0.885 bits per heavy atom. The Bertz CT molecular complexity index is 441. The first kappa shape index (κ1) is 24.2. The number of carbonyl (C=O) groups is 1. The molecule has 3 atom stereocenters. The molecule has 0 fully saturated rings. The normalized spacial score (nSPS) is 14.8. The number of aliphatic hydroxyl groups is 1. The lowest BCUT2D eigenvalue weighted by atomic mass is 10.0. The first-order chi connectivity index (χ1) is 12.4. The molecule has 0 aromatic rings. The topological polar surface area (TPSA) is 124 Å². The highest BCUT2D eigenvalue weighted by Gasteiger charge is 2.19. The lowest BCUT2D eigenvalue weighted by Crippen LogP contribution is -2.19. The van der Waals surface area contributed by atoms with Crippen molar-refractivity contribution in [2.24, 2.45) is 0 Å². The van der Waals surface area contributed by atoms with Crippen LogP contribution in [0.4, 0.5) is 0 Å². The Labute approximate surface area is 155 Å². The maximum absolute atomic E-state index is 11.1. The molecule has 0 aromatic heterocycles. The van der Waals surface area contributed by atoms with Gasteiger partial charge >= 0.3 is 0 Å². The zero-order chi connectivity index (χ0) is 19.8. The Morgan fingerprint density at radius 2 is 1.46 bits per heavy atom. The SMILES string of the molecule is CCCCCC(CCC=CCC(CCCCC(O)C=O)[N+](=O)[O-])[N+](=O)[O-]. The van der Waals surface area contributed by atoms with Gasteiger partial charge in [-0.05, 0) is 25.7 Å². The van der Waals surface area contributed by atoms with Gasteiger partial charge in [0.05, 0.1) is 0 Å². The largest absolute Gasteiger partial charge is 0.386 e. The minimum atomic E-state index is -0.990. The quantitative estimate of drug-likeness (QED) is 0.136. The molecule has 8 heteroatoms. The van der Waals surface area contributed by atoms with E-state index >= 15 is 0 Å². The summed E-state index contributed by atoms with van der Waals surface area (Å²) >= 11 is 0. The van der Waals surface area contributed by atoms with Crippen LogP contribution in [0.3, 0.4) is 0 Å². The van der Waals surface area contributed by atoms with Gasteiger partial charge in [-0.1, -0.05) is 38.3 Å². The van der Waals surface area contributed by atoms with Crippen molar-refractivity contribution in [3.8, 4) is 0 Å². The van der Waals surface area contributed by atoms with Crippen LogP contribution < -0.4 is 0 Å². The van der Waals surface area contributed by atoms with E-state index in [-0.39, 0.29) is 9.85 Å². The van der Waals surface area contributed by atoms with Gasteiger partial charge in [-0.25, -0.2) is 0 Å². The summed E-state index contributed by atoms with van der Waals surface area (Å²) in [5.74, 6) is 0. The molecule has 1 N–H and O–H groups in total. The van der Waals surface area contributed by atoms with E-state index in [1.165, 1.54) is 0 Å². The van der Waals surface area contributed by atoms with Crippen LogP contribution in [0.2, 0.25) is 0 Å². The Hall–Kier alpha value is -1.83. The highest BCUT2D eigenvalue weighted by molar-refractivity contribution is 5.55. The van der Waals surface area contributed by atoms with Crippen LogP contribution in [0.5, 0.6) is 0 Å². The molecule has 0 aliphatic heterocycles. The van der Waals surface area contributed by atoms with E-state index in [0.29, 0.717) is 57.7 Å². The first-order valence-electron chi connectivity index (χ1n) is 9.47. The van der Waals surface area contributed by atoms with Crippen molar-refractivity contribution >= 4 is 6.29 Å². The second-order valence-corrected chi connectivity index (χ2v) is 6.65. The Morgan fingerprint density at radius 3 is 2.04 bits per heavy atom. The third kappa shape index (κ3) is 12.5. The van der Waals surface area contributed by atoms with Gasteiger partial charge in [0.25, 0.3) is 0 Å². The fraction of sp³-hybridized carbons (Fsp3) is 0.833. The molecule has 0 aromatic carbocycles. The summed E-state index contributed by atoms with van der Waals surface area (Å²) in [5.41, 5.74) is 0. The van der Waals surface area contributed by atoms with Crippen LogP contribution in [0, 0.1) is 20.2 Å². The van der Waals surface area contributed by atoms with E-state index in [9.17, 15) is 25.0 Å². The standard InChI is InChI=1S/C18H32N2O6/c1-2-3-5-10-16(19(23)24)11-6-4-7-12-17(20(25)26)13-8-9-14-18(22)15-21/h4,7,15-18,22H,2-3,5-6,8-14H2,1H3. The summed E-state index contributed by atoms with van der Waals surface area (Å²) in [5, 5.41) is 31.2. The van der Waals surface area contributed by atoms with Crippen molar-refractivity contribution in [3.63, 3.8) is 0 Å². The molecule has 0 heterocycles. The molecule has 0 saturated carbocycles. The monoisotopic (exact) mass is 372 g/mol. The summed E-state index contributed by atoms with van der Waals surface area (Å²) < 4.78 is 0. The summed E-state index contributed by atoms with van der Waals surface area (Å²) in [6, 6.07) is -1.24. The highest BCUT2D eigenvalue weighted by Crippen LogP contribution is 2.14. The lowest BCUT2D eigenvalue weighted by Gasteiger charge is -2.08. The van der Waals surface area contributed by atoms with E-state index in [1.54, 1.807) is 12.2 Å². The maximum atomic E-state index is 11.1. The maximum Gasteiger partial charge on any atom is 0.216 e. The second-order valence-electron chi connectivity index (χ2n) is 6.65. The Kier molecular flexibility index (Phi) is 14.3. The molecule has 3 unspecified atom stereocenters. The zero-order valence-corrected chi connectivity index (χ0v) is 15.6. The predicted molar refractivity (Wildman–Crippen MR) is 99.2 cm³/mol. The molecule has 26 heavy (non-hydrogen) atoms. The number of nitro groups is 2. The Balaban J connectivity index is 4.12. The van der Waals surface area contributed by atoms with Gasteiger partial charge in [0.1, 0.15) is 12.4 Å². The summed E-state index contributed by atoms with van der Waals surface area (Å²) in [4.78, 5) is 31.9. The molecule has 8 nitrogen and oxygen atoms in total. The molecule has 0 bridgehead atoms. The molecule has 0 rings (SSSR count). The number of nitrogens with zero attached hydrogens (tertiary/aromatic N) is 2. The minimum Gasteiger partial charge on any atom is -0.386 e. The van der Waals surface area contributed by atoms with E-state index in [0.717, 1.165) is 19.3 Å². The van der Waals surface area contributed by atoms with Gasteiger partial charge in [0.2, 0.25) is 12.1 Å². The average molecular weight is 372 g/mol. The van der Waals surface area contributed by atoms with Crippen LogP contribution in [-0.4, -0.2) is 39.4 Å². The molecular weight excluding hydrogens is 340 g/mol. The molecule has 0 aliphatic carbocycles. The predicted octanol–water partition coefficient (Wildman–Crippen LogP) is 3.70. The van der Waals surface area contributed by atoms with Crippen molar-refractivity contribution in [2.75, 3.05) is 0 Å². The number of aliphatic hydroxyl groups excluding tert-OH is 1. The molecule has 0 spiro atoms. The van der Waals surface area contributed by atoms with E-state index in [4.69, 9.17) is 5.11 Å². The smallest absolute Gasteiger partial charge is 0.216 e. The van der Waals surface area contributed by atoms with Gasteiger partial charge in [-0.3, -0.25) is 20.2 Å². The number of aldehydes is 1. The fourth-order valence-corrected chi connectivity index (χ4v) is 2.76. The summed E-state index contributed by atoms with van der Waals surface area (Å²) in [6.45, 7) is 2.06. The zero-order valence-electron chi connectivity index (χ0n) is 15.6. The van der Waals surface area contributed by atoms with Gasteiger partial charge in [-0.2, -0.15) is 0 Å². The molecular formula is C18H32N2O6. The van der Waals surface area contributed by atoms with E-state index in [1.807, 2.05) is 0 Å². The van der Waals surface area contributed by atoms with Crippen molar-refractivity contribution in [3.05, 3.63) is 32.4 Å². The van der Waals surface area contributed by atoms with Crippen LogP contribution >= 0.6 is 0 Å². The minimum absolute atomic E-state index is 0.225. The van der Waals surface area contributed by atoms with Crippen LogP contribution in [0.1, 0.15) is 77.6 Å². The number of rotatable bonds is 17. The fourth-order valence-electron chi connectivity index (χ4n) is 2.76. The number of hydrogen-bond acceptors (Lipinski definition) is 6. The summed E-state index contributed by atoms with van der Waals surface area (Å²) in [7, 11) is 0. The van der Waals surface area contributed by atoms with Gasteiger partial charge in [-0.15, -0.1) is 0 Å². The second kappa shape index (κ2) is 15.4. The third-order valence-corrected chi connectivity index (χ3v) is 4.42. The average Bonchev–Trinajstić information content (AvgIpc) is 2.60. The number of unbranched alkanes of at least 4 members (excludes halogenated alkanes) is 3. The van der Waals surface area contributed by atoms with Gasteiger partial charge in [0, 0.05) is 35.5 Å². The van der Waals surface area contributed by atoms with Crippen LogP contribution in [0.15, 0.2) is 12.2 Å². The number of carbonyl (C=O) groups excluding carboxylic acids is 1. The molecule has 150 valence electrons. The van der Waals surface area contributed by atoms with Crippen molar-refractivity contribution in [1.29, 1.82) is 0 Å². The molecule has 0 saturated heterocycles. The van der Waals surface area contributed by atoms with Gasteiger partial charge in [0.15, 0.2) is 0 Å². The molecule has 0 amide bonds. The van der Waals surface area contributed by atoms with E-state index < -0.39 is 18.2 Å². The van der Waals surface area contributed by atoms with Crippen LogP contribution in [0.25, 0.3) is 0 Å². The third-order valence-electron chi connectivity index (χ3n) is 4.42. The summed E-state index contributed by atoms with van der Waals surface area (Å²) in [6.07, 6.45) is 9.62. The van der Waals surface area contributed by atoms with Crippen molar-refractivity contribution < 1.29 is 19.7 Å².